The van der Waals surface area contributed by atoms with Gasteiger partial charge >= 0.3 is 0 Å². The molecule has 2 atom stereocenters. The maximum Gasteiger partial charge on any atom is 0.108 e. The van der Waals surface area contributed by atoms with Crippen LogP contribution in [0.1, 0.15) is 42.6 Å². The molecule has 0 unspecified atom stereocenters. The predicted octanol–water partition coefficient (Wildman–Crippen LogP) is 3.85. The third-order valence-corrected chi connectivity index (χ3v) is 4.02. The Morgan fingerprint density at radius 1 is 1.00 bits per heavy atom. The first-order valence-corrected chi connectivity index (χ1v) is 8.82. The van der Waals surface area contributed by atoms with Crippen LogP contribution in [0.2, 0.25) is 0 Å². The van der Waals surface area contributed by atoms with Crippen LogP contribution in [-0.4, -0.2) is 30.9 Å². The standard InChI is InChI=1S/C21H29NO2/c1-3-4-14-22-15-20(23)16-24-21(18-8-6-5-7-9-18)19-12-10-17(2)11-13-19/h5-13,20-23H,3-4,14-16H2,1-2H3/t20-,21-/m0/s1. The molecule has 0 aliphatic rings. The van der Waals surface area contributed by atoms with E-state index in [1.54, 1.807) is 0 Å². The van der Waals surface area contributed by atoms with Gasteiger partial charge in [0.25, 0.3) is 0 Å². The summed E-state index contributed by atoms with van der Waals surface area (Å²) in [5.74, 6) is 0. The number of unbranched alkanes of at least 4 members (excludes halogenated alkanes) is 1. The van der Waals surface area contributed by atoms with E-state index in [2.05, 4.69) is 55.6 Å². The van der Waals surface area contributed by atoms with E-state index in [-0.39, 0.29) is 6.10 Å². The predicted molar refractivity (Wildman–Crippen MR) is 99.2 cm³/mol. The first-order chi connectivity index (χ1) is 11.7. The van der Waals surface area contributed by atoms with Gasteiger partial charge in [0.2, 0.25) is 0 Å². The second kappa shape index (κ2) is 10.2. The van der Waals surface area contributed by atoms with Gasteiger partial charge < -0.3 is 15.2 Å². The molecule has 0 fully saturated rings. The molecule has 0 amide bonds. The summed E-state index contributed by atoms with van der Waals surface area (Å²) in [6.45, 7) is 6.05. The van der Waals surface area contributed by atoms with Crippen molar-refractivity contribution >= 4 is 0 Å². The number of rotatable bonds is 10. The number of aliphatic hydroxyl groups is 1. The minimum absolute atomic E-state index is 0.155. The van der Waals surface area contributed by atoms with E-state index in [1.165, 1.54) is 5.56 Å². The number of benzene rings is 2. The maximum atomic E-state index is 10.1. The summed E-state index contributed by atoms with van der Waals surface area (Å²) in [5.41, 5.74) is 3.44. The number of hydrogen-bond donors (Lipinski definition) is 2. The number of nitrogens with one attached hydrogen (secondary N) is 1. The van der Waals surface area contributed by atoms with Gasteiger partial charge in [-0.2, -0.15) is 0 Å². The summed E-state index contributed by atoms with van der Waals surface area (Å²) in [6, 6.07) is 18.5. The maximum absolute atomic E-state index is 10.1. The van der Waals surface area contributed by atoms with E-state index in [4.69, 9.17) is 4.74 Å². The van der Waals surface area contributed by atoms with Crippen LogP contribution in [0.4, 0.5) is 0 Å². The largest absolute Gasteiger partial charge is 0.389 e. The van der Waals surface area contributed by atoms with Crippen molar-refractivity contribution < 1.29 is 9.84 Å². The lowest BCUT2D eigenvalue weighted by atomic mass is 10.0. The molecule has 0 heterocycles. The van der Waals surface area contributed by atoms with E-state index in [1.807, 2.05) is 18.2 Å². The lowest BCUT2D eigenvalue weighted by Crippen LogP contribution is -2.31. The summed E-state index contributed by atoms with van der Waals surface area (Å²) < 4.78 is 6.08. The Labute approximate surface area is 145 Å². The molecular weight excluding hydrogens is 298 g/mol. The van der Waals surface area contributed by atoms with Crippen molar-refractivity contribution in [1.82, 2.24) is 5.32 Å². The Hall–Kier alpha value is -1.68. The van der Waals surface area contributed by atoms with Gasteiger partial charge in [-0.1, -0.05) is 73.5 Å². The fourth-order valence-electron chi connectivity index (χ4n) is 2.59. The molecule has 2 aromatic rings. The van der Waals surface area contributed by atoms with Gasteiger partial charge in [-0.15, -0.1) is 0 Å². The fraction of sp³-hybridized carbons (Fsp3) is 0.429. The minimum atomic E-state index is -0.501. The van der Waals surface area contributed by atoms with Crippen LogP contribution in [0.3, 0.4) is 0 Å². The second-order valence-electron chi connectivity index (χ2n) is 6.25. The molecule has 2 rings (SSSR count). The van der Waals surface area contributed by atoms with E-state index in [0.717, 1.165) is 30.5 Å². The first kappa shape index (κ1) is 18.7. The molecule has 0 radical (unpaired) electrons. The van der Waals surface area contributed by atoms with Crippen molar-refractivity contribution in [2.75, 3.05) is 19.7 Å². The van der Waals surface area contributed by atoms with Crippen molar-refractivity contribution in [2.45, 2.75) is 38.9 Å². The number of hydrogen-bond acceptors (Lipinski definition) is 3. The summed E-state index contributed by atoms with van der Waals surface area (Å²) >= 11 is 0. The van der Waals surface area contributed by atoms with Gasteiger partial charge in [-0.05, 0) is 31.0 Å². The van der Waals surface area contributed by atoms with Gasteiger partial charge in [0.15, 0.2) is 0 Å². The Morgan fingerprint density at radius 3 is 2.33 bits per heavy atom. The third kappa shape index (κ3) is 6.08. The molecular formula is C21H29NO2. The monoisotopic (exact) mass is 327 g/mol. The highest BCUT2D eigenvalue weighted by molar-refractivity contribution is 5.31. The van der Waals surface area contributed by atoms with Crippen molar-refractivity contribution in [1.29, 1.82) is 0 Å². The van der Waals surface area contributed by atoms with E-state index in [0.29, 0.717) is 13.2 Å². The van der Waals surface area contributed by atoms with Crippen molar-refractivity contribution in [3.05, 3.63) is 71.3 Å². The van der Waals surface area contributed by atoms with Gasteiger partial charge in [0, 0.05) is 6.54 Å². The normalized spacial score (nSPS) is 13.6. The van der Waals surface area contributed by atoms with E-state index in [9.17, 15) is 5.11 Å². The summed E-state index contributed by atoms with van der Waals surface area (Å²) in [5, 5.41) is 13.4. The SMILES string of the molecule is CCCCNC[C@H](O)CO[C@@H](c1ccccc1)c1ccc(C)cc1. The molecule has 3 heteroatoms. The highest BCUT2D eigenvalue weighted by Crippen LogP contribution is 2.26. The van der Waals surface area contributed by atoms with E-state index >= 15 is 0 Å². The molecule has 2 aromatic carbocycles. The number of ether oxygens (including phenoxy) is 1. The molecule has 0 spiro atoms. The molecule has 0 aliphatic carbocycles. The minimum Gasteiger partial charge on any atom is -0.389 e. The van der Waals surface area contributed by atoms with Gasteiger partial charge in [-0.3, -0.25) is 0 Å². The Morgan fingerprint density at radius 2 is 1.67 bits per heavy atom. The lowest BCUT2D eigenvalue weighted by molar-refractivity contribution is 0.00665. The second-order valence-corrected chi connectivity index (χ2v) is 6.25. The van der Waals surface area contributed by atoms with Crippen LogP contribution in [-0.2, 0) is 4.74 Å². The quantitative estimate of drug-likeness (QED) is 0.651. The van der Waals surface area contributed by atoms with Crippen molar-refractivity contribution in [3.8, 4) is 0 Å². The first-order valence-electron chi connectivity index (χ1n) is 8.82. The summed E-state index contributed by atoms with van der Waals surface area (Å²) in [7, 11) is 0. The molecule has 2 N–H and O–H groups in total. The zero-order chi connectivity index (χ0) is 17.2. The molecule has 24 heavy (non-hydrogen) atoms. The zero-order valence-electron chi connectivity index (χ0n) is 14.7. The van der Waals surface area contributed by atoms with Crippen LogP contribution < -0.4 is 5.32 Å². The molecule has 0 aromatic heterocycles. The van der Waals surface area contributed by atoms with Gasteiger partial charge in [0.05, 0.1) is 12.7 Å². The Balaban J connectivity index is 1.98. The van der Waals surface area contributed by atoms with Crippen LogP contribution >= 0.6 is 0 Å². The lowest BCUT2D eigenvalue weighted by Gasteiger charge is -2.21. The highest BCUT2D eigenvalue weighted by Gasteiger charge is 2.16. The molecule has 3 nitrogen and oxygen atoms in total. The molecule has 0 saturated carbocycles. The van der Waals surface area contributed by atoms with Gasteiger partial charge in [-0.25, -0.2) is 0 Å². The van der Waals surface area contributed by atoms with Gasteiger partial charge in [0.1, 0.15) is 6.10 Å². The number of aryl methyl sites for hydroxylation is 1. The molecule has 0 aliphatic heterocycles. The smallest absolute Gasteiger partial charge is 0.108 e. The third-order valence-electron chi connectivity index (χ3n) is 4.02. The zero-order valence-corrected chi connectivity index (χ0v) is 14.7. The van der Waals surface area contributed by atoms with Crippen LogP contribution in [0, 0.1) is 6.92 Å². The Kier molecular flexibility index (Phi) is 7.96. The Bertz CT molecular complexity index is 568. The van der Waals surface area contributed by atoms with E-state index < -0.39 is 6.10 Å². The molecule has 0 bridgehead atoms. The average molecular weight is 327 g/mol. The van der Waals surface area contributed by atoms with Crippen LogP contribution in [0.5, 0.6) is 0 Å². The average Bonchev–Trinajstić information content (AvgIpc) is 2.61. The van der Waals surface area contributed by atoms with Crippen molar-refractivity contribution in [3.63, 3.8) is 0 Å². The highest BCUT2D eigenvalue weighted by atomic mass is 16.5. The van der Waals surface area contributed by atoms with Crippen molar-refractivity contribution in [2.24, 2.45) is 0 Å². The topological polar surface area (TPSA) is 41.5 Å². The molecule has 0 saturated heterocycles. The summed E-state index contributed by atoms with van der Waals surface area (Å²) in [6.07, 6.45) is 1.63. The van der Waals surface area contributed by atoms with Crippen LogP contribution in [0.15, 0.2) is 54.6 Å². The summed E-state index contributed by atoms with van der Waals surface area (Å²) in [4.78, 5) is 0. The molecule has 130 valence electrons. The fourth-order valence-corrected chi connectivity index (χ4v) is 2.59. The van der Waals surface area contributed by atoms with Crippen LogP contribution in [0.25, 0.3) is 0 Å². The number of aliphatic hydroxyl groups excluding tert-OH is 1.